The number of hydrogen-bond donors (Lipinski definition) is 1. The highest BCUT2D eigenvalue weighted by Crippen LogP contribution is 2.26. The maximum atomic E-state index is 4.90. The van der Waals surface area contributed by atoms with Gasteiger partial charge in [0, 0.05) is 37.6 Å². The molecule has 0 aliphatic carbocycles. The lowest BCUT2D eigenvalue weighted by molar-refractivity contribution is 0.682. The molecule has 0 bridgehead atoms. The Kier molecular flexibility index (Phi) is 15.7. The molecule has 5 heteroatoms. The maximum Gasteiger partial charge on any atom is 0.129 e. The summed E-state index contributed by atoms with van der Waals surface area (Å²) in [6, 6.07) is 16.7. The summed E-state index contributed by atoms with van der Waals surface area (Å²) in [5, 5.41) is 0. The van der Waals surface area contributed by atoms with Gasteiger partial charge in [-0.3, -0.25) is 0 Å². The van der Waals surface area contributed by atoms with Gasteiger partial charge in [0.25, 0.3) is 0 Å². The minimum atomic E-state index is 0.693. The number of fused-ring (bicyclic) bond motifs is 1. The monoisotopic (exact) mass is 463 g/mol. The molecule has 0 aliphatic heterocycles. The summed E-state index contributed by atoms with van der Waals surface area (Å²) in [6.07, 6.45) is 2.84. The molecule has 0 saturated heterocycles. The molecular weight excluding hydrogens is 418 g/mol. The smallest absolute Gasteiger partial charge is 0.129 e. The van der Waals surface area contributed by atoms with Crippen LogP contribution in [0.2, 0.25) is 0 Å². The van der Waals surface area contributed by atoms with E-state index in [0.717, 1.165) is 30.0 Å². The van der Waals surface area contributed by atoms with Crippen LogP contribution < -0.4 is 10.6 Å². The van der Waals surface area contributed by atoms with E-state index in [-0.39, 0.29) is 0 Å². The summed E-state index contributed by atoms with van der Waals surface area (Å²) < 4.78 is 2.30. The van der Waals surface area contributed by atoms with Gasteiger partial charge >= 0.3 is 0 Å². The molecule has 34 heavy (non-hydrogen) atoms. The van der Waals surface area contributed by atoms with Gasteiger partial charge in [0.2, 0.25) is 0 Å². The molecule has 1 aromatic heterocycles. The standard InChI is InChI=1S/C22H26N4.C4H8.C2H6.CH5N/c1-17(2)26(20-12-7-5-10-18(20)3)16-22-24-19-11-6-8-13-21(19)25(22)15-9-14-23-4;1-4(2)3;2*1-2/h5-8,10-14H,1,9,15-16H2,2-4H3;1H2,2-3H3;1-2H3;2H2,1H3. The van der Waals surface area contributed by atoms with E-state index in [1.165, 1.54) is 29.4 Å². The lowest BCUT2D eigenvalue weighted by Crippen LogP contribution is -2.23. The van der Waals surface area contributed by atoms with Crippen LogP contribution in [0.4, 0.5) is 5.69 Å². The van der Waals surface area contributed by atoms with Crippen LogP contribution in [0.15, 0.2) is 78.0 Å². The number of imidazole rings is 1. The van der Waals surface area contributed by atoms with Gasteiger partial charge in [-0.2, -0.15) is 0 Å². The second kappa shape index (κ2) is 17.3. The van der Waals surface area contributed by atoms with Crippen molar-refractivity contribution >= 4 is 22.9 Å². The fraction of sp³-hybridized carbons (Fsp3) is 0.379. The van der Waals surface area contributed by atoms with Crippen LogP contribution in [0.3, 0.4) is 0 Å². The van der Waals surface area contributed by atoms with Crippen molar-refractivity contribution in [2.24, 2.45) is 10.7 Å². The third-order valence-electron chi connectivity index (χ3n) is 4.56. The van der Waals surface area contributed by atoms with Gasteiger partial charge in [-0.15, -0.1) is 6.58 Å². The van der Waals surface area contributed by atoms with Crippen LogP contribution >= 0.6 is 0 Å². The maximum absolute atomic E-state index is 4.90. The molecule has 0 aliphatic rings. The first-order valence-electron chi connectivity index (χ1n) is 11.9. The SMILES string of the molecule is C=C(C)C.C=C(C)N(Cc1nc2ccccc2n1CCC=NC)c1ccccc1C.CC.CN. The van der Waals surface area contributed by atoms with Crippen molar-refractivity contribution in [2.75, 3.05) is 19.0 Å². The van der Waals surface area contributed by atoms with Crippen LogP contribution in [0.25, 0.3) is 11.0 Å². The molecule has 0 unspecified atom stereocenters. The highest BCUT2D eigenvalue weighted by atomic mass is 15.2. The Bertz CT molecular complexity index is 1030. The predicted octanol–water partition coefficient (Wildman–Crippen LogP) is 7.16. The van der Waals surface area contributed by atoms with E-state index < -0.39 is 0 Å². The summed E-state index contributed by atoms with van der Waals surface area (Å²) in [6.45, 7) is 21.4. The van der Waals surface area contributed by atoms with Crippen LogP contribution in [-0.4, -0.2) is 29.9 Å². The lowest BCUT2D eigenvalue weighted by atomic mass is 10.1. The van der Waals surface area contributed by atoms with Gasteiger partial charge < -0.3 is 20.2 Å². The van der Waals surface area contributed by atoms with Crippen molar-refractivity contribution < 1.29 is 0 Å². The average Bonchev–Trinajstić information content (AvgIpc) is 3.17. The highest BCUT2D eigenvalue weighted by Gasteiger charge is 2.16. The molecule has 1 heterocycles. The summed E-state index contributed by atoms with van der Waals surface area (Å²) in [4.78, 5) is 11.3. The molecule has 0 atom stereocenters. The quantitative estimate of drug-likeness (QED) is 0.299. The Morgan fingerprint density at radius 3 is 2.15 bits per heavy atom. The van der Waals surface area contributed by atoms with Crippen molar-refractivity contribution in [3.05, 3.63) is 84.3 Å². The molecule has 0 fully saturated rings. The zero-order chi connectivity index (χ0) is 26.1. The molecule has 0 radical (unpaired) electrons. The topological polar surface area (TPSA) is 59.4 Å². The van der Waals surface area contributed by atoms with Gasteiger partial charge in [-0.1, -0.05) is 56.3 Å². The molecule has 186 valence electrons. The Morgan fingerprint density at radius 1 is 1.03 bits per heavy atom. The number of aryl methyl sites for hydroxylation is 2. The van der Waals surface area contributed by atoms with Gasteiger partial charge in [0.1, 0.15) is 5.82 Å². The first-order chi connectivity index (χ1) is 16.3. The fourth-order valence-electron chi connectivity index (χ4n) is 3.24. The van der Waals surface area contributed by atoms with Crippen LogP contribution in [-0.2, 0) is 13.1 Å². The number of benzene rings is 2. The van der Waals surface area contributed by atoms with Crippen LogP contribution in [0.5, 0.6) is 0 Å². The highest BCUT2D eigenvalue weighted by molar-refractivity contribution is 5.76. The van der Waals surface area contributed by atoms with Crippen molar-refractivity contribution in [1.82, 2.24) is 9.55 Å². The Hall–Kier alpha value is -3.18. The summed E-state index contributed by atoms with van der Waals surface area (Å²) >= 11 is 0. The second-order valence-corrected chi connectivity index (χ2v) is 7.71. The lowest BCUT2D eigenvalue weighted by Gasteiger charge is -2.26. The number of nitrogens with zero attached hydrogens (tertiary/aromatic N) is 4. The summed E-state index contributed by atoms with van der Waals surface area (Å²) in [5.74, 6) is 1.04. The number of para-hydroxylation sites is 3. The molecule has 2 aromatic carbocycles. The molecule has 0 amide bonds. The van der Waals surface area contributed by atoms with Gasteiger partial charge in [0.15, 0.2) is 0 Å². The molecule has 3 aromatic rings. The number of aromatic nitrogens is 2. The molecule has 0 spiro atoms. The third kappa shape index (κ3) is 9.75. The van der Waals surface area contributed by atoms with Gasteiger partial charge in [-0.05, 0) is 58.5 Å². The summed E-state index contributed by atoms with van der Waals surface area (Å²) in [5.41, 5.74) is 11.3. The number of allylic oxidation sites excluding steroid dienone is 2. The minimum absolute atomic E-state index is 0.693. The zero-order valence-electron chi connectivity index (χ0n) is 22.6. The molecule has 3 rings (SSSR count). The Balaban J connectivity index is 0.00000121. The van der Waals surface area contributed by atoms with Crippen molar-refractivity contribution in [3.8, 4) is 0 Å². The van der Waals surface area contributed by atoms with Gasteiger partial charge in [0.05, 0.1) is 17.6 Å². The first-order valence-corrected chi connectivity index (χ1v) is 11.9. The normalized spacial score (nSPS) is 9.79. The number of aliphatic imine (C=N–C) groups is 1. The predicted molar refractivity (Wildman–Crippen MR) is 153 cm³/mol. The van der Waals surface area contributed by atoms with E-state index in [0.29, 0.717) is 6.54 Å². The minimum Gasteiger partial charge on any atom is -0.338 e. The van der Waals surface area contributed by atoms with E-state index in [9.17, 15) is 0 Å². The molecule has 0 saturated carbocycles. The molecular formula is C29H45N5. The Morgan fingerprint density at radius 2 is 1.59 bits per heavy atom. The number of rotatable bonds is 7. The fourth-order valence-corrected chi connectivity index (χ4v) is 3.24. The third-order valence-corrected chi connectivity index (χ3v) is 4.56. The first kappa shape index (κ1) is 30.8. The Labute approximate surface area is 207 Å². The number of nitrogens with two attached hydrogens (primary N) is 1. The number of anilines is 1. The summed E-state index contributed by atoms with van der Waals surface area (Å²) in [7, 11) is 3.31. The van der Waals surface area contributed by atoms with Crippen LogP contribution in [0, 0.1) is 6.92 Å². The average molecular weight is 464 g/mol. The van der Waals surface area contributed by atoms with E-state index in [2.05, 4.69) is 82.7 Å². The molecule has 5 nitrogen and oxygen atoms in total. The number of hydrogen-bond acceptors (Lipinski definition) is 4. The van der Waals surface area contributed by atoms with E-state index >= 15 is 0 Å². The largest absolute Gasteiger partial charge is 0.338 e. The van der Waals surface area contributed by atoms with Crippen LogP contribution in [0.1, 0.15) is 52.4 Å². The van der Waals surface area contributed by atoms with Crippen molar-refractivity contribution in [3.63, 3.8) is 0 Å². The van der Waals surface area contributed by atoms with E-state index in [1.807, 2.05) is 53.9 Å². The van der Waals surface area contributed by atoms with Gasteiger partial charge in [-0.25, -0.2) is 4.98 Å². The van der Waals surface area contributed by atoms with Crippen molar-refractivity contribution in [1.29, 1.82) is 0 Å². The molecule has 2 N–H and O–H groups in total. The van der Waals surface area contributed by atoms with E-state index in [1.54, 1.807) is 0 Å². The van der Waals surface area contributed by atoms with E-state index in [4.69, 9.17) is 4.98 Å². The zero-order valence-corrected chi connectivity index (χ0v) is 22.6. The second-order valence-electron chi connectivity index (χ2n) is 7.71. The van der Waals surface area contributed by atoms with Crippen molar-refractivity contribution in [2.45, 2.75) is 61.1 Å².